The first-order chi connectivity index (χ1) is 12.7. The van der Waals surface area contributed by atoms with Gasteiger partial charge in [-0.3, -0.25) is 9.59 Å². The Kier molecular flexibility index (Phi) is 4.37. The van der Waals surface area contributed by atoms with Crippen LogP contribution in [0.25, 0.3) is 0 Å². The summed E-state index contributed by atoms with van der Waals surface area (Å²) in [6.07, 6.45) is 4.73. The molecule has 0 aromatic heterocycles. The Hall–Kier alpha value is -2.82. The smallest absolute Gasteiger partial charge is 0.265 e. The van der Waals surface area contributed by atoms with E-state index in [-0.39, 0.29) is 24.3 Å². The van der Waals surface area contributed by atoms with Gasteiger partial charge in [-0.2, -0.15) is 0 Å². The van der Waals surface area contributed by atoms with E-state index in [4.69, 9.17) is 9.47 Å². The minimum absolute atomic E-state index is 0.160. The number of amides is 2. The highest BCUT2D eigenvalue weighted by molar-refractivity contribution is 6.24. The summed E-state index contributed by atoms with van der Waals surface area (Å²) in [7, 11) is 1.59. The van der Waals surface area contributed by atoms with Gasteiger partial charge in [-0.25, -0.2) is 4.90 Å². The molecule has 1 aliphatic heterocycles. The molecule has 1 saturated carbocycles. The van der Waals surface area contributed by atoms with Crippen molar-refractivity contribution in [2.45, 2.75) is 38.2 Å². The Morgan fingerprint density at radius 1 is 1.00 bits per heavy atom. The number of fused-ring (bicyclic) bond motifs is 1. The zero-order valence-corrected chi connectivity index (χ0v) is 14.7. The maximum absolute atomic E-state index is 12.9. The lowest BCUT2D eigenvalue weighted by molar-refractivity contribution is -0.117. The molecule has 2 aliphatic rings. The van der Waals surface area contributed by atoms with Gasteiger partial charge in [0, 0.05) is 11.6 Å². The maximum Gasteiger partial charge on any atom is 0.265 e. The van der Waals surface area contributed by atoms with Crippen LogP contribution in [-0.4, -0.2) is 25.0 Å². The van der Waals surface area contributed by atoms with Crippen molar-refractivity contribution in [3.05, 3.63) is 53.6 Å². The van der Waals surface area contributed by atoms with Crippen molar-refractivity contribution >= 4 is 17.5 Å². The minimum Gasteiger partial charge on any atom is -0.493 e. The zero-order chi connectivity index (χ0) is 18.1. The van der Waals surface area contributed by atoms with Gasteiger partial charge < -0.3 is 9.47 Å². The summed E-state index contributed by atoms with van der Waals surface area (Å²) in [6, 6.07) is 12.5. The van der Waals surface area contributed by atoms with Gasteiger partial charge in [-0.05, 0) is 49.4 Å². The Morgan fingerprint density at radius 2 is 1.77 bits per heavy atom. The second kappa shape index (κ2) is 6.83. The van der Waals surface area contributed by atoms with Crippen LogP contribution in [0.2, 0.25) is 0 Å². The maximum atomic E-state index is 12.9. The number of carbonyl (C=O) groups excluding carboxylic acids is 2. The van der Waals surface area contributed by atoms with Crippen LogP contribution in [0, 0.1) is 0 Å². The number of hydrogen-bond donors (Lipinski definition) is 0. The molecular weight excluding hydrogens is 330 g/mol. The predicted octanol–water partition coefficient (Wildman–Crippen LogP) is 3.75. The molecule has 4 rings (SSSR count). The second-order valence-corrected chi connectivity index (χ2v) is 6.73. The lowest BCUT2D eigenvalue weighted by Gasteiger charge is -2.27. The minimum atomic E-state index is -0.297. The highest BCUT2D eigenvalue weighted by Crippen LogP contribution is 2.36. The molecule has 0 atom stereocenters. The first kappa shape index (κ1) is 16.6. The average molecular weight is 351 g/mol. The van der Waals surface area contributed by atoms with E-state index in [1.165, 1.54) is 4.90 Å². The summed E-state index contributed by atoms with van der Waals surface area (Å²) in [6.45, 7) is 0. The normalized spacial score (nSPS) is 17.3. The third-order valence-corrected chi connectivity index (χ3v) is 5.04. The van der Waals surface area contributed by atoms with E-state index in [0.717, 1.165) is 31.2 Å². The van der Waals surface area contributed by atoms with Crippen molar-refractivity contribution in [2.24, 2.45) is 0 Å². The molecule has 0 radical (unpaired) electrons. The standard InChI is InChI=1S/C21H21NO4/c1-25-18-11-10-15(13-19(18)26-16-7-3-4-8-16)22-20(23)12-14-6-2-5-9-17(14)21(22)24/h2,5-6,9-11,13,16H,3-4,7-8,12H2,1H3. The molecule has 26 heavy (non-hydrogen) atoms. The van der Waals surface area contributed by atoms with Crippen molar-refractivity contribution in [3.63, 3.8) is 0 Å². The molecule has 2 aromatic rings. The number of rotatable bonds is 4. The van der Waals surface area contributed by atoms with Crippen LogP contribution in [0.15, 0.2) is 42.5 Å². The number of hydrogen-bond acceptors (Lipinski definition) is 4. The summed E-state index contributed by atoms with van der Waals surface area (Å²) in [4.78, 5) is 26.7. The van der Waals surface area contributed by atoms with Crippen molar-refractivity contribution in [2.75, 3.05) is 12.0 Å². The third kappa shape index (κ3) is 2.94. The summed E-state index contributed by atoms with van der Waals surface area (Å²) < 4.78 is 11.5. The molecular formula is C21H21NO4. The number of methoxy groups -OCH3 is 1. The lowest BCUT2D eigenvalue weighted by atomic mass is 9.98. The van der Waals surface area contributed by atoms with E-state index in [1.807, 2.05) is 18.2 Å². The molecule has 0 N–H and O–H groups in total. The Balaban J connectivity index is 1.69. The summed E-state index contributed by atoms with van der Waals surface area (Å²) in [5.41, 5.74) is 1.86. The Morgan fingerprint density at radius 3 is 2.54 bits per heavy atom. The van der Waals surface area contributed by atoms with E-state index in [1.54, 1.807) is 31.4 Å². The van der Waals surface area contributed by atoms with Crippen LogP contribution in [0.4, 0.5) is 5.69 Å². The number of carbonyl (C=O) groups is 2. The van der Waals surface area contributed by atoms with E-state index in [0.29, 0.717) is 22.7 Å². The fraction of sp³-hybridized carbons (Fsp3) is 0.333. The van der Waals surface area contributed by atoms with E-state index in [2.05, 4.69) is 0 Å². The fourth-order valence-corrected chi connectivity index (χ4v) is 3.70. The highest BCUT2D eigenvalue weighted by Gasteiger charge is 2.32. The first-order valence-electron chi connectivity index (χ1n) is 8.97. The number of nitrogens with zero attached hydrogens (tertiary/aromatic N) is 1. The zero-order valence-electron chi connectivity index (χ0n) is 14.7. The highest BCUT2D eigenvalue weighted by atomic mass is 16.5. The predicted molar refractivity (Wildman–Crippen MR) is 97.8 cm³/mol. The van der Waals surface area contributed by atoms with Crippen molar-refractivity contribution < 1.29 is 19.1 Å². The molecule has 1 fully saturated rings. The number of anilines is 1. The van der Waals surface area contributed by atoms with Crippen LogP contribution in [0.5, 0.6) is 11.5 Å². The van der Waals surface area contributed by atoms with Crippen LogP contribution in [0.1, 0.15) is 41.6 Å². The second-order valence-electron chi connectivity index (χ2n) is 6.73. The quantitative estimate of drug-likeness (QED) is 0.787. The molecule has 0 bridgehead atoms. The van der Waals surface area contributed by atoms with Gasteiger partial charge in [-0.1, -0.05) is 18.2 Å². The van der Waals surface area contributed by atoms with Gasteiger partial charge in [0.1, 0.15) is 0 Å². The van der Waals surface area contributed by atoms with Crippen LogP contribution < -0.4 is 14.4 Å². The van der Waals surface area contributed by atoms with Crippen LogP contribution in [0.3, 0.4) is 0 Å². The van der Waals surface area contributed by atoms with Gasteiger partial charge in [0.25, 0.3) is 5.91 Å². The van der Waals surface area contributed by atoms with Gasteiger partial charge >= 0.3 is 0 Å². The Bertz CT molecular complexity index is 855. The fourth-order valence-electron chi connectivity index (χ4n) is 3.70. The molecule has 5 heteroatoms. The lowest BCUT2D eigenvalue weighted by Crippen LogP contribution is -2.42. The SMILES string of the molecule is COc1ccc(N2C(=O)Cc3ccccc3C2=O)cc1OC1CCCC1. The average Bonchev–Trinajstić information content (AvgIpc) is 3.15. The number of imide groups is 1. The van der Waals surface area contributed by atoms with E-state index >= 15 is 0 Å². The molecule has 5 nitrogen and oxygen atoms in total. The van der Waals surface area contributed by atoms with Crippen LogP contribution >= 0.6 is 0 Å². The van der Waals surface area contributed by atoms with Gasteiger partial charge in [0.05, 0.1) is 25.3 Å². The molecule has 2 amide bonds. The number of benzene rings is 2. The summed E-state index contributed by atoms with van der Waals surface area (Å²) in [5, 5.41) is 0. The monoisotopic (exact) mass is 351 g/mol. The molecule has 0 unspecified atom stereocenters. The van der Waals surface area contributed by atoms with Crippen LogP contribution in [-0.2, 0) is 11.2 Å². The first-order valence-corrected chi connectivity index (χ1v) is 8.97. The topological polar surface area (TPSA) is 55.8 Å². The molecule has 0 spiro atoms. The van der Waals surface area contributed by atoms with Gasteiger partial charge in [-0.15, -0.1) is 0 Å². The molecule has 1 heterocycles. The van der Waals surface area contributed by atoms with Crippen molar-refractivity contribution in [1.29, 1.82) is 0 Å². The van der Waals surface area contributed by atoms with Crippen molar-refractivity contribution in [1.82, 2.24) is 0 Å². The molecule has 134 valence electrons. The van der Waals surface area contributed by atoms with Crippen molar-refractivity contribution in [3.8, 4) is 11.5 Å². The molecule has 0 saturated heterocycles. The number of ether oxygens (including phenoxy) is 2. The summed E-state index contributed by atoms with van der Waals surface area (Å²) in [5.74, 6) is 0.661. The van der Waals surface area contributed by atoms with E-state index in [9.17, 15) is 9.59 Å². The van der Waals surface area contributed by atoms with Gasteiger partial charge in [0.15, 0.2) is 11.5 Å². The molecule has 1 aliphatic carbocycles. The van der Waals surface area contributed by atoms with Gasteiger partial charge in [0.2, 0.25) is 5.91 Å². The Labute approximate surface area is 152 Å². The summed E-state index contributed by atoms with van der Waals surface area (Å²) >= 11 is 0. The third-order valence-electron chi connectivity index (χ3n) is 5.04. The van der Waals surface area contributed by atoms with E-state index < -0.39 is 0 Å². The largest absolute Gasteiger partial charge is 0.493 e. The molecule has 2 aromatic carbocycles.